The highest BCUT2D eigenvalue weighted by molar-refractivity contribution is 5.99. The summed E-state index contributed by atoms with van der Waals surface area (Å²) in [5.74, 6) is -3.01. The van der Waals surface area contributed by atoms with Crippen LogP contribution in [0.25, 0.3) is 0 Å². The maximum atomic E-state index is 13.0. The molecule has 0 unspecified atom stereocenters. The topological polar surface area (TPSA) is 101 Å². The third-order valence-electron chi connectivity index (χ3n) is 2.10. The number of amides is 1. The van der Waals surface area contributed by atoms with E-state index < -0.39 is 40.4 Å². The number of hydrogen-bond donors (Lipinski definition) is 1. The van der Waals surface area contributed by atoms with Gasteiger partial charge in [-0.15, -0.1) is 0 Å². The van der Waals surface area contributed by atoms with Crippen molar-refractivity contribution in [1.82, 2.24) is 4.90 Å². The van der Waals surface area contributed by atoms with Crippen LogP contribution in [0.4, 0.5) is 10.1 Å². The molecule has 8 heteroatoms. The number of nitrogens with zero attached hydrogens (tertiary/aromatic N) is 2. The third kappa shape index (κ3) is 3.00. The third-order valence-corrected chi connectivity index (χ3v) is 2.10. The summed E-state index contributed by atoms with van der Waals surface area (Å²) in [7, 11) is 1.16. The van der Waals surface area contributed by atoms with Crippen LogP contribution in [0.1, 0.15) is 10.4 Å². The predicted molar refractivity (Wildman–Crippen MR) is 57.7 cm³/mol. The fraction of sp³-hybridized carbons (Fsp3) is 0.200. The molecule has 0 atom stereocenters. The predicted octanol–water partition coefficient (Wildman–Crippen LogP) is 0.891. The minimum Gasteiger partial charge on any atom is -0.480 e. The van der Waals surface area contributed by atoms with Gasteiger partial charge >= 0.3 is 5.97 Å². The second-order valence-electron chi connectivity index (χ2n) is 3.47. The summed E-state index contributed by atoms with van der Waals surface area (Å²) in [6.07, 6.45) is 0. The zero-order valence-corrected chi connectivity index (χ0v) is 9.29. The lowest BCUT2D eigenvalue weighted by Crippen LogP contribution is -2.32. The average Bonchev–Trinajstić information content (AvgIpc) is 2.26. The van der Waals surface area contributed by atoms with Gasteiger partial charge in [-0.3, -0.25) is 19.7 Å². The second kappa shape index (κ2) is 5.21. The first-order valence-electron chi connectivity index (χ1n) is 4.74. The van der Waals surface area contributed by atoms with Crippen molar-refractivity contribution >= 4 is 17.6 Å². The van der Waals surface area contributed by atoms with Crippen LogP contribution in [0.3, 0.4) is 0 Å². The monoisotopic (exact) mass is 256 g/mol. The fourth-order valence-corrected chi connectivity index (χ4v) is 1.32. The van der Waals surface area contributed by atoms with E-state index in [1.807, 2.05) is 0 Å². The molecule has 0 saturated carbocycles. The Balaban J connectivity index is 3.15. The normalized spacial score (nSPS) is 9.89. The number of nitro benzene ring substituents is 1. The minimum absolute atomic E-state index is 0.483. The maximum absolute atomic E-state index is 13.0. The van der Waals surface area contributed by atoms with Crippen molar-refractivity contribution in [2.75, 3.05) is 13.6 Å². The van der Waals surface area contributed by atoms with Crippen molar-refractivity contribution in [3.63, 3.8) is 0 Å². The van der Waals surface area contributed by atoms with Gasteiger partial charge in [-0.25, -0.2) is 4.39 Å². The van der Waals surface area contributed by atoms with E-state index in [2.05, 4.69) is 0 Å². The van der Waals surface area contributed by atoms with E-state index in [-0.39, 0.29) is 0 Å². The molecule has 7 nitrogen and oxygen atoms in total. The molecule has 0 aliphatic heterocycles. The molecular weight excluding hydrogens is 247 g/mol. The van der Waals surface area contributed by atoms with Crippen LogP contribution in [-0.2, 0) is 4.79 Å². The number of likely N-dealkylation sites (N-methyl/N-ethyl adjacent to an activating group) is 1. The summed E-state index contributed by atoms with van der Waals surface area (Å²) in [5, 5.41) is 19.2. The Morgan fingerprint density at radius 2 is 2.11 bits per heavy atom. The number of rotatable bonds is 4. The molecule has 96 valence electrons. The summed E-state index contributed by atoms with van der Waals surface area (Å²) in [5.41, 5.74) is -1.05. The molecule has 0 spiro atoms. The van der Waals surface area contributed by atoms with Gasteiger partial charge in [0.15, 0.2) is 0 Å². The molecule has 1 aromatic rings. The van der Waals surface area contributed by atoms with Crippen molar-refractivity contribution in [1.29, 1.82) is 0 Å². The largest absolute Gasteiger partial charge is 0.480 e. The van der Waals surface area contributed by atoms with Gasteiger partial charge in [-0.1, -0.05) is 0 Å². The number of carbonyl (C=O) groups is 2. The zero-order valence-electron chi connectivity index (χ0n) is 9.29. The van der Waals surface area contributed by atoms with E-state index in [4.69, 9.17) is 5.11 Å². The number of aliphatic carboxylic acids is 1. The number of benzene rings is 1. The Kier molecular flexibility index (Phi) is 3.93. The smallest absolute Gasteiger partial charge is 0.323 e. The Morgan fingerprint density at radius 1 is 1.50 bits per heavy atom. The van der Waals surface area contributed by atoms with E-state index in [0.717, 1.165) is 24.1 Å². The SMILES string of the molecule is CN(CC(=O)O)C(=O)c1cc(F)ccc1[N+](=O)[O-]. The van der Waals surface area contributed by atoms with Crippen LogP contribution in [-0.4, -0.2) is 40.4 Å². The first-order valence-corrected chi connectivity index (χ1v) is 4.74. The molecule has 0 bridgehead atoms. The first kappa shape index (κ1) is 13.6. The highest BCUT2D eigenvalue weighted by Crippen LogP contribution is 2.20. The molecule has 0 saturated heterocycles. The van der Waals surface area contributed by atoms with Crippen LogP contribution >= 0.6 is 0 Å². The van der Waals surface area contributed by atoms with Crippen molar-refractivity contribution in [3.05, 3.63) is 39.7 Å². The van der Waals surface area contributed by atoms with Gasteiger partial charge in [0.1, 0.15) is 17.9 Å². The number of carbonyl (C=O) groups excluding carboxylic acids is 1. The van der Waals surface area contributed by atoms with Crippen LogP contribution in [0.2, 0.25) is 0 Å². The van der Waals surface area contributed by atoms with Crippen LogP contribution < -0.4 is 0 Å². The Bertz CT molecular complexity index is 517. The van der Waals surface area contributed by atoms with Crippen LogP contribution in [0.5, 0.6) is 0 Å². The molecule has 0 radical (unpaired) electrons. The number of carboxylic acids is 1. The summed E-state index contributed by atoms with van der Waals surface area (Å²) in [6.45, 7) is -0.632. The number of nitro groups is 1. The van der Waals surface area contributed by atoms with Gasteiger partial charge in [0.25, 0.3) is 11.6 Å². The van der Waals surface area contributed by atoms with E-state index in [0.29, 0.717) is 6.07 Å². The van der Waals surface area contributed by atoms with Crippen molar-refractivity contribution in [2.45, 2.75) is 0 Å². The standard InChI is InChI=1S/C10H9FN2O5/c1-12(5-9(14)15)10(16)7-4-6(11)2-3-8(7)13(17)18/h2-4H,5H2,1H3,(H,14,15). The highest BCUT2D eigenvalue weighted by Gasteiger charge is 2.24. The minimum atomic E-state index is -1.27. The summed E-state index contributed by atoms with van der Waals surface area (Å²) >= 11 is 0. The molecule has 0 heterocycles. The first-order chi connectivity index (χ1) is 8.32. The number of halogens is 1. The Labute approximate surface area is 101 Å². The molecule has 1 aromatic carbocycles. The Hall–Kier alpha value is -2.51. The van der Waals surface area contributed by atoms with Crippen LogP contribution in [0.15, 0.2) is 18.2 Å². The molecular formula is C10H9FN2O5. The van der Waals surface area contributed by atoms with Crippen molar-refractivity contribution in [3.8, 4) is 0 Å². The lowest BCUT2D eigenvalue weighted by molar-refractivity contribution is -0.385. The van der Waals surface area contributed by atoms with E-state index in [9.17, 15) is 24.1 Å². The van der Waals surface area contributed by atoms with Gasteiger partial charge in [0.2, 0.25) is 0 Å². The molecule has 0 fully saturated rings. The van der Waals surface area contributed by atoms with Crippen LogP contribution in [0, 0.1) is 15.9 Å². The van der Waals surface area contributed by atoms with Crippen molar-refractivity contribution < 1.29 is 24.0 Å². The van der Waals surface area contributed by atoms with Gasteiger partial charge in [0, 0.05) is 13.1 Å². The quantitative estimate of drug-likeness (QED) is 0.636. The van der Waals surface area contributed by atoms with Gasteiger partial charge in [0.05, 0.1) is 4.92 Å². The van der Waals surface area contributed by atoms with Gasteiger partial charge < -0.3 is 10.0 Å². The molecule has 0 aromatic heterocycles. The maximum Gasteiger partial charge on any atom is 0.323 e. The number of carboxylic acid groups (broad SMARTS) is 1. The molecule has 0 aliphatic carbocycles. The average molecular weight is 256 g/mol. The van der Waals surface area contributed by atoms with E-state index in [1.54, 1.807) is 0 Å². The summed E-state index contributed by atoms with van der Waals surface area (Å²) in [4.78, 5) is 32.8. The highest BCUT2D eigenvalue weighted by atomic mass is 19.1. The summed E-state index contributed by atoms with van der Waals surface area (Å²) in [6, 6.07) is 2.42. The summed E-state index contributed by atoms with van der Waals surface area (Å²) < 4.78 is 13.0. The van der Waals surface area contributed by atoms with Crippen molar-refractivity contribution in [2.24, 2.45) is 0 Å². The fourth-order valence-electron chi connectivity index (χ4n) is 1.32. The van der Waals surface area contributed by atoms with Gasteiger partial charge in [-0.2, -0.15) is 0 Å². The molecule has 1 amide bonds. The molecule has 1 N–H and O–H groups in total. The molecule has 18 heavy (non-hydrogen) atoms. The number of hydrogen-bond acceptors (Lipinski definition) is 4. The van der Waals surface area contributed by atoms with E-state index >= 15 is 0 Å². The Morgan fingerprint density at radius 3 is 2.61 bits per heavy atom. The molecule has 1 rings (SSSR count). The lowest BCUT2D eigenvalue weighted by Gasteiger charge is -2.14. The van der Waals surface area contributed by atoms with Gasteiger partial charge in [-0.05, 0) is 12.1 Å². The lowest BCUT2D eigenvalue weighted by atomic mass is 10.1. The zero-order chi connectivity index (χ0) is 13.9. The molecule has 0 aliphatic rings. The van der Waals surface area contributed by atoms with E-state index in [1.165, 1.54) is 0 Å². The second-order valence-corrected chi connectivity index (χ2v) is 3.47.